The molecule has 1 aromatic rings. The fourth-order valence-corrected chi connectivity index (χ4v) is 2.19. The van der Waals surface area contributed by atoms with Crippen LogP contribution in [0.3, 0.4) is 0 Å². The topological polar surface area (TPSA) is 46.3 Å². The van der Waals surface area contributed by atoms with E-state index in [0.717, 1.165) is 16.5 Å². The van der Waals surface area contributed by atoms with E-state index in [1.165, 1.54) is 0 Å². The van der Waals surface area contributed by atoms with Crippen LogP contribution >= 0.6 is 15.9 Å². The van der Waals surface area contributed by atoms with Crippen LogP contribution in [0.25, 0.3) is 0 Å². The Balaban J connectivity index is 2.65. The SMILES string of the molecule is CCC(C)[C@H](N)C(=O)N(C)Cc1cccc(Br)c1. The van der Waals surface area contributed by atoms with E-state index < -0.39 is 6.04 Å². The number of nitrogens with zero attached hydrogens (tertiary/aromatic N) is 1. The van der Waals surface area contributed by atoms with Crippen molar-refractivity contribution < 1.29 is 4.79 Å². The van der Waals surface area contributed by atoms with E-state index in [4.69, 9.17) is 5.73 Å². The van der Waals surface area contributed by atoms with Crippen molar-refractivity contribution in [1.82, 2.24) is 4.90 Å². The van der Waals surface area contributed by atoms with Crippen molar-refractivity contribution in [1.29, 1.82) is 0 Å². The standard InChI is InChI=1S/C14H21BrN2O/c1-4-10(2)13(16)14(18)17(3)9-11-6-5-7-12(15)8-11/h5-8,10,13H,4,9,16H2,1-3H3/t10?,13-/m0/s1. The molecule has 0 aliphatic carbocycles. The van der Waals surface area contributed by atoms with Crippen molar-refractivity contribution >= 4 is 21.8 Å². The molecule has 0 aliphatic heterocycles. The summed E-state index contributed by atoms with van der Waals surface area (Å²) in [6.45, 7) is 4.64. The zero-order valence-corrected chi connectivity index (χ0v) is 12.8. The predicted octanol–water partition coefficient (Wildman–Crippen LogP) is 2.78. The van der Waals surface area contributed by atoms with Crippen molar-refractivity contribution in [3.8, 4) is 0 Å². The van der Waals surface area contributed by atoms with Crippen LogP contribution in [-0.2, 0) is 11.3 Å². The van der Waals surface area contributed by atoms with Gasteiger partial charge in [0.05, 0.1) is 6.04 Å². The fourth-order valence-electron chi connectivity index (χ4n) is 1.74. The molecule has 1 rings (SSSR count). The molecule has 1 aromatic carbocycles. The van der Waals surface area contributed by atoms with Gasteiger partial charge in [-0.05, 0) is 23.6 Å². The molecule has 0 heterocycles. The molecular weight excluding hydrogens is 292 g/mol. The van der Waals surface area contributed by atoms with Crippen molar-refractivity contribution in [3.05, 3.63) is 34.3 Å². The highest BCUT2D eigenvalue weighted by molar-refractivity contribution is 9.10. The second-order valence-electron chi connectivity index (χ2n) is 4.74. The lowest BCUT2D eigenvalue weighted by atomic mass is 9.99. The van der Waals surface area contributed by atoms with Crippen LogP contribution in [0.2, 0.25) is 0 Å². The highest BCUT2D eigenvalue weighted by Crippen LogP contribution is 2.14. The van der Waals surface area contributed by atoms with Gasteiger partial charge in [-0.3, -0.25) is 4.79 Å². The molecular formula is C14H21BrN2O. The number of halogens is 1. The van der Waals surface area contributed by atoms with Gasteiger partial charge in [-0.15, -0.1) is 0 Å². The van der Waals surface area contributed by atoms with Gasteiger partial charge in [0.25, 0.3) is 0 Å². The zero-order chi connectivity index (χ0) is 13.7. The van der Waals surface area contributed by atoms with Gasteiger partial charge in [0.15, 0.2) is 0 Å². The molecule has 0 saturated carbocycles. The normalized spacial score (nSPS) is 14.1. The minimum absolute atomic E-state index is 0.00401. The summed E-state index contributed by atoms with van der Waals surface area (Å²) in [6, 6.07) is 7.54. The van der Waals surface area contributed by atoms with E-state index in [1.807, 2.05) is 38.1 Å². The molecule has 0 aliphatic rings. The molecule has 3 nitrogen and oxygen atoms in total. The summed E-state index contributed by atoms with van der Waals surface area (Å²) in [7, 11) is 1.80. The smallest absolute Gasteiger partial charge is 0.239 e. The van der Waals surface area contributed by atoms with Gasteiger partial charge in [-0.2, -0.15) is 0 Å². The van der Waals surface area contributed by atoms with Gasteiger partial charge >= 0.3 is 0 Å². The first kappa shape index (κ1) is 15.2. The Morgan fingerprint density at radius 2 is 2.17 bits per heavy atom. The van der Waals surface area contributed by atoms with Gasteiger partial charge in [0.1, 0.15) is 0 Å². The van der Waals surface area contributed by atoms with E-state index >= 15 is 0 Å². The Morgan fingerprint density at radius 1 is 1.50 bits per heavy atom. The van der Waals surface area contributed by atoms with Crippen LogP contribution in [0.1, 0.15) is 25.8 Å². The maximum Gasteiger partial charge on any atom is 0.239 e. The van der Waals surface area contributed by atoms with E-state index in [0.29, 0.717) is 6.54 Å². The molecule has 100 valence electrons. The summed E-state index contributed by atoms with van der Waals surface area (Å²) in [4.78, 5) is 13.8. The third-order valence-corrected chi connectivity index (χ3v) is 3.72. The lowest BCUT2D eigenvalue weighted by molar-refractivity contribution is -0.132. The van der Waals surface area contributed by atoms with Crippen LogP contribution in [0.4, 0.5) is 0 Å². The van der Waals surface area contributed by atoms with Gasteiger partial charge in [-0.1, -0.05) is 48.3 Å². The van der Waals surface area contributed by atoms with E-state index in [-0.39, 0.29) is 11.8 Å². The van der Waals surface area contributed by atoms with Gasteiger partial charge in [0.2, 0.25) is 5.91 Å². The zero-order valence-electron chi connectivity index (χ0n) is 11.2. The second kappa shape index (κ2) is 6.90. The Bertz CT molecular complexity index is 409. The first-order valence-corrected chi connectivity index (χ1v) is 7.00. The quantitative estimate of drug-likeness (QED) is 0.908. The maximum atomic E-state index is 12.1. The summed E-state index contributed by atoms with van der Waals surface area (Å²) in [5.74, 6) is 0.215. The Kier molecular flexibility index (Phi) is 5.82. The van der Waals surface area contributed by atoms with Gasteiger partial charge in [0, 0.05) is 18.1 Å². The number of benzene rings is 1. The Hall–Kier alpha value is -0.870. The lowest BCUT2D eigenvalue weighted by Crippen LogP contribution is -2.45. The molecule has 2 N–H and O–H groups in total. The third-order valence-electron chi connectivity index (χ3n) is 3.23. The van der Waals surface area contributed by atoms with Crippen LogP contribution in [0.15, 0.2) is 28.7 Å². The van der Waals surface area contributed by atoms with Crippen molar-refractivity contribution in [2.45, 2.75) is 32.9 Å². The molecule has 1 unspecified atom stereocenters. The molecule has 0 fully saturated rings. The van der Waals surface area contributed by atoms with E-state index in [2.05, 4.69) is 15.9 Å². The number of rotatable bonds is 5. The number of hydrogen-bond acceptors (Lipinski definition) is 2. The van der Waals surface area contributed by atoms with Crippen LogP contribution in [-0.4, -0.2) is 23.9 Å². The highest BCUT2D eigenvalue weighted by Gasteiger charge is 2.22. The van der Waals surface area contributed by atoms with E-state index in [9.17, 15) is 4.79 Å². The number of carbonyl (C=O) groups is 1. The fraction of sp³-hybridized carbons (Fsp3) is 0.500. The number of amides is 1. The molecule has 0 spiro atoms. The average Bonchev–Trinajstić information content (AvgIpc) is 2.36. The monoisotopic (exact) mass is 312 g/mol. The van der Waals surface area contributed by atoms with Crippen molar-refractivity contribution in [2.24, 2.45) is 11.7 Å². The number of carbonyl (C=O) groups excluding carboxylic acids is 1. The highest BCUT2D eigenvalue weighted by atomic mass is 79.9. The van der Waals surface area contributed by atoms with Crippen molar-refractivity contribution in [2.75, 3.05) is 7.05 Å². The molecule has 4 heteroatoms. The third kappa shape index (κ3) is 4.10. The van der Waals surface area contributed by atoms with Crippen LogP contribution < -0.4 is 5.73 Å². The molecule has 2 atom stereocenters. The maximum absolute atomic E-state index is 12.1. The molecule has 18 heavy (non-hydrogen) atoms. The first-order chi connectivity index (χ1) is 8.45. The first-order valence-electron chi connectivity index (χ1n) is 6.20. The summed E-state index contributed by atoms with van der Waals surface area (Å²) in [5.41, 5.74) is 7.05. The predicted molar refractivity (Wildman–Crippen MR) is 78.0 cm³/mol. The molecule has 0 bridgehead atoms. The number of hydrogen-bond donors (Lipinski definition) is 1. The molecule has 0 saturated heterocycles. The minimum atomic E-state index is -0.410. The van der Waals surface area contributed by atoms with Gasteiger partial charge in [-0.25, -0.2) is 0 Å². The number of nitrogens with two attached hydrogens (primary N) is 1. The minimum Gasteiger partial charge on any atom is -0.340 e. The average molecular weight is 313 g/mol. The molecule has 0 aromatic heterocycles. The largest absolute Gasteiger partial charge is 0.340 e. The van der Waals surface area contributed by atoms with Gasteiger partial charge < -0.3 is 10.6 Å². The van der Waals surface area contributed by atoms with Crippen LogP contribution in [0, 0.1) is 5.92 Å². The Labute approximate surface area is 117 Å². The summed E-state index contributed by atoms with van der Waals surface area (Å²) in [5, 5.41) is 0. The summed E-state index contributed by atoms with van der Waals surface area (Å²) in [6.07, 6.45) is 0.914. The van der Waals surface area contributed by atoms with Crippen molar-refractivity contribution in [3.63, 3.8) is 0 Å². The summed E-state index contributed by atoms with van der Waals surface area (Å²) < 4.78 is 1.02. The number of likely N-dealkylation sites (N-methyl/N-ethyl adjacent to an activating group) is 1. The molecule has 0 radical (unpaired) electrons. The molecule has 1 amide bonds. The van der Waals surface area contributed by atoms with Crippen LogP contribution in [0.5, 0.6) is 0 Å². The Morgan fingerprint density at radius 3 is 2.72 bits per heavy atom. The van der Waals surface area contributed by atoms with E-state index in [1.54, 1.807) is 11.9 Å². The summed E-state index contributed by atoms with van der Waals surface area (Å²) >= 11 is 3.42. The lowest BCUT2D eigenvalue weighted by Gasteiger charge is -2.24. The second-order valence-corrected chi connectivity index (χ2v) is 5.65.